The Morgan fingerprint density at radius 3 is 2.28 bits per heavy atom. The van der Waals surface area contributed by atoms with Crippen molar-refractivity contribution in [1.29, 1.82) is 0 Å². The first kappa shape index (κ1) is 23.0. The minimum absolute atomic E-state index is 0.171. The van der Waals surface area contributed by atoms with E-state index in [9.17, 15) is 14.0 Å². The molecule has 0 aliphatic rings. The molecule has 0 aromatic heterocycles. The molecular weight excluding hydrogens is 407 g/mol. The van der Waals surface area contributed by atoms with Crippen LogP contribution < -0.4 is 10.1 Å². The third kappa shape index (κ3) is 5.72. The number of ether oxygens (including phenoxy) is 1. The highest BCUT2D eigenvalue weighted by molar-refractivity contribution is 5.88. The third-order valence-electron chi connectivity index (χ3n) is 5.21. The maximum atomic E-state index is 13.4. The number of nitrogens with zero attached hydrogens (tertiary/aromatic N) is 1. The van der Waals surface area contributed by atoms with E-state index in [1.165, 1.54) is 12.1 Å². The van der Waals surface area contributed by atoms with E-state index < -0.39 is 6.04 Å². The number of carbonyl (C=O) groups is 2. The number of hydrogen-bond donors (Lipinski definition) is 1. The van der Waals surface area contributed by atoms with Gasteiger partial charge in [-0.2, -0.15) is 0 Å². The standard InChI is InChI=1S/C26H27FN2O3/c1-3-24(30)29(18-19-13-15-22(27)16-14-19)25(20-9-5-4-6-10-20)26(31)28-17-21-11-7-8-12-23(21)32-2/h4-16,25H,3,17-18H2,1-2H3,(H,28,31). The van der Waals surface area contributed by atoms with Gasteiger partial charge >= 0.3 is 0 Å². The van der Waals surface area contributed by atoms with Crippen molar-refractivity contribution in [3.63, 3.8) is 0 Å². The van der Waals surface area contributed by atoms with E-state index in [1.54, 1.807) is 31.1 Å². The van der Waals surface area contributed by atoms with Crippen LogP contribution in [0.3, 0.4) is 0 Å². The Hall–Kier alpha value is -3.67. The molecule has 0 spiro atoms. The van der Waals surface area contributed by atoms with E-state index in [0.29, 0.717) is 11.3 Å². The zero-order chi connectivity index (χ0) is 22.9. The van der Waals surface area contributed by atoms with E-state index in [1.807, 2.05) is 54.6 Å². The van der Waals surface area contributed by atoms with Crippen molar-refractivity contribution in [2.24, 2.45) is 0 Å². The predicted octanol–water partition coefficient (Wildman–Crippen LogP) is 4.63. The van der Waals surface area contributed by atoms with Gasteiger partial charge in [0, 0.05) is 25.1 Å². The van der Waals surface area contributed by atoms with Gasteiger partial charge in [-0.3, -0.25) is 9.59 Å². The number of hydrogen-bond acceptors (Lipinski definition) is 3. The Balaban J connectivity index is 1.91. The molecule has 1 unspecified atom stereocenters. The van der Waals surface area contributed by atoms with E-state index in [2.05, 4.69) is 5.32 Å². The summed E-state index contributed by atoms with van der Waals surface area (Å²) in [7, 11) is 1.58. The minimum Gasteiger partial charge on any atom is -0.496 e. The summed E-state index contributed by atoms with van der Waals surface area (Å²) in [6.45, 7) is 2.21. The van der Waals surface area contributed by atoms with Crippen LogP contribution in [0.1, 0.15) is 36.1 Å². The molecule has 5 nitrogen and oxygen atoms in total. The maximum Gasteiger partial charge on any atom is 0.247 e. The van der Waals surface area contributed by atoms with Crippen LogP contribution in [0.5, 0.6) is 5.75 Å². The number of para-hydroxylation sites is 1. The van der Waals surface area contributed by atoms with Crippen LogP contribution in [0, 0.1) is 5.82 Å². The van der Waals surface area contributed by atoms with Gasteiger partial charge in [0.2, 0.25) is 11.8 Å². The lowest BCUT2D eigenvalue weighted by atomic mass is 10.0. The lowest BCUT2D eigenvalue weighted by Crippen LogP contribution is -2.43. The zero-order valence-corrected chi connectivity index (χ0v) is 18.3. The van der Waals surface area contributed by atoms with Crippen LogP contribution in [0.15, 0.2) is 78.9 Å². The van der Waals surface area contributed by atoms with Gasteiger partial charge in [0.05, 0.1) is 7.11 Å². The fourth-order valence-corrected chi connectivity index (χ4v) is 3.55. The number of halogens is 1. The third-order valence-corrected chi connectivity index (χ3v) is 5.21. The van der Waals surface area contributed by atoms with Gasteiger partial charge in [-0.05, 0) is 29.3 Å². The maximum absolute atomic E-state index is 13.4. The van der Waals surface area contributed by atoms with Crippen LogP contribution in [0.4, 0.5) is 4.39 Å². The van der Waals surface area contributed by atoms with Gasteiger partial charge in [0.15, 0.2) is 0 Å². The number of amides is 2. The van der Waals surface area contributed by atoms with Crippen molar-refractivity contribution in [3.8, 4) is 5.75 Å². The van der Waals surface area contributed by atoms with Gasteiger partial charge < -0.3 is 15.0 Å². The summed E-state index contributed by atoms with van der Waals surface area (Å²) in [6.07, 6.45) is 0.240. The van der Waals surface area contributed by atoms with Crippen LogP contribution in [-0.2, 0) is 22.7 Å². The van der Waals surface area contributed by atoms with Gasteiger partial charge in [-0.1, -0.05) is 67.6 Å². The molecule has 166 valence electrons. The molecule has 1 atom stereocenters. The summed E-state index contributed by atoms with van der Waals surface area (Å²) < 4.78 is 18.7. The van der Waals surface area contributed by atoms with Crippen molar-refractivity contribution in [1.82, 2.24) is 10.2 Å². The molecule has 6 heteroatoms. The Labute approximate surface area is 187 Å². The highest BCUT2D eigenvalue weighted by atomic mass is 19.1. The molecule has 1 N–H and O–H groups in total. The zero-order valence-electron chi connectivity index (χ0n) is 18.3. The summed E-state index contributed by atoms with van der Waals surface area (Å²) in [5.41, 5.74) is 2.28. The summed E-state index contributed by atoms with van der Waals surface area (Å²) >= 11 is 0. The molecule has 2 amide bonds. The average molecular weight is 435 g/mol. The lowest BCUT2D eigenvalue weighted by Gasteiger charge is -2.31. The average Bonchev–Trinajstić information content (AvgIpc) is 2.84. The minimum atomic E-state index is -0.830. The molecular formula is C26H27FN2O3. The molecule has 3 aromatic rings. The summed E-state index contributed by atoms with van der Waals surface area (Å²) in [5, 5.41) is 2.95. The summed E-state index contributed by atoms with van der Waals surface area (Å²) in [5.74, 6) is -0.144. The Morgan fingerprint density at radius 2 is 1.62 bits per heavy atom. The normalized spacial score (nSPS) is 11.5. The molecule has 3 aromatic carbocycles. The van der Waals surface area contributed by atoms with E-state index in [4.69, 9.17) is 4.74 Å². The SMILES string of the molecule is CCC(=O)N(Cc1ccc(F)cc1)C(C(=O)NCc1ccccc1OC)c1ccccc1. The molecule has 0 bridgehead atoms. The predicted molar refractivity (Wildman–Crippen MR) is 121 cm³/mol. The van der Waals surface area contributed by atoms with E-state index in [-0.39, 0.29) is 37.1 Å². The first-order chi connectivity index (χ1) is 15.5. The largest absolute Gasteiger partial charge is 0.496 e. The highest BCUT2D eigenvalue weighted by Crippen LogP contribution is 2.25. The Kier molecular flexibility index (Phi) is 7.97. The first-order valence-electron chi connectivity index (χ1n) is 10.5. The van der Waals surface area contributed by atoms with E-state index >= 15 is 0 Å². The number of benzene rings is 3. The van der Waals surface area contributed by atoms with Crippen molar-refractivity contribution < 1.29 is 18.7 Å². The van der Waals surface area contributed by atoms with Crippen molar-refractivity contribution in [2.75, 3.05) is 7.11 Å². The van der Waals surface area contributed by atoms with Crippen LogP contribution in [-0.4, -0.2) is 23.8 Å². The van der Waals surface area contributed by atoms with Gasteiger partial charge in [0.1, 0.15) is 17.6 Å². The fourth-order valence-electron chi connectivity index (χ4n) is 3.55. The first-order valence-corrected chi connectivity index (χ1v) is 10.5. The highest BCUT2D eigenvalue weighted by Gasteiger charge is 2.30. The van der Waals surface area contributed by atoms with Crippen LogP contribution >= 0.6 is 0 Å². The Morgan fingerprint density at radius 1 is 0.969 bits per heavy atom. The van der Waals surface area contributed by atoms with Gasteiger partial charge in [-0.15, -0.1) is 0 Å². The Bertz CT molecular complexity index is 1040. The second-order valence-electron chi connectivity index (χ2n) is 7.34. The number of carbonyl (C=O) groups excluding carboxylic acids is 2. The molecule has 0 aliphatic carbocycles. The lowest BCUT2D eigenvalue weighted by molar-refractivity contribution is -0.141. The quantitative estimate of drug-likeness (QED) is 0.534. The smallest absolute Gasteiger partial charge is 0.247 e. The van der Waals surface area contributed by atoms with Crippen LogP contribution in [0.25, 0.3) is 0 Å². The molecule has 0 heterocycles. The number of nitrogens with one attached hydrogen (secondary N) is 1. The monoisotopic (exact) mass is 434 g/mol. The second kappa shape index (κ2) is 11.1. The number of methoxy groups -OCH3 is 1. The fraction of sp³-hybridized carbons (Fsp3) is 0.231. The topological polar surface area (TPSA) is 58.6 Å². The molecule has 0 aliphatic heterocycles. The van der Waals surface area contributed by atoms with Crippen molar-refractivity contribution >= 4 is 11.8 Å². The molecule has 3 rings (SSSR count). The summed E-state index contributed by atoms with van der Waals surface area (Å²) in [6, 6.07) is 21.8. The molecule has 0 radical (unpaired) electrons. The number of rotatable bonds is 9. The summed E-state index contributed by atoms with van der Waals surface area (Å²) in [4.78, 5) is 27.9. The van der Waals surface area contributed by atoms with Crippen LogP contribution in [0.2, 0.25) is 0 Å². The van der Waals surface area contributed by atoms with Gasteiger partial charge in [0.25, 0.3) is 0 Å². The second-order valence-corrected chi connectivity index (χ2v) is 7.34. The molecule has 32 heavy (non-hydrogen) atoms. The van der Waals surface area contributed by atoms with Crippen molar-refractivity contribution in [2.45, 2.75) is 32.5 Å². The molecule has 0 saturated heterocycles. The van der Waals surface area contributed by atoms with E-state index in [0.717, 1.165) is 11.1 Å². The van der Waals surface area contributed by atoms with Crippen molar-refractivity contribution in [3.05, 3.63) is 101 Å². The molecule has 0 fully saturated rings. The van der Waals surface area contributed by atoms with Gasteiger partial charge in [-0.25, -0.2) is 4.39 Å². The molecule has 0 saturated carbocycles.